The highest BCUT2D eigenvalue weighted by molar-refractivity contribution is 5.70. The van der Waals surface area contributed by atoms with Gasteiger partial charge in [0.05, 0.1) is 6.04 Å². The van der Waals surface area contributed by atoms with Crippen molar-refractivity contribution in [2.45, 2.75) is 76.5 Å². The van der Waals surface area contributed by atoms with Gasteiger partial charge in [0.1, 0.15) is 11.8 Å². The molecule has 1 amide bonds. The van der Waals surface area contributed by atoms with Gasteiger partial charge in [-0.15, -0.1) is 0 Å². The Morgan fingerprint density at radius 1 is 1.29 bits per heavy atom. The Kier molecular flexibility index (Phi) is 4.81. The number of amides is 1. The van der Waals surface area contributed by atoms with Gasteiger partial charge in [-0.1, -0.05) is 30.3 Å². The molecule has 0 saturated carbocycles. The first kappa shape index (κ1) is 17.2. The Bertz CT molecular complexity index is 572. The number of halogens is 1. The van der Waals surface area contributed by atoms with Gasteiger partial charge in [-0.3, -0.25) is 4.90 Å². The molecule has 0 aromatic heterocycles. The molecule has 0 aliphatic carbocycles. The number of fused-ring (bicyclic) bond motifs is 2. The molecule has 0 spiro atoms. The minimum Gasteiger partial charge on any atom is -0.444 e. The molecule has 2 bridgehead atoms. The third-order valence-electron chi connectivity index (χ3n) is 4.84. The first-order valence-electron chi connectivity index (χ1n) is 8.78. The van der Waals surface area contributed by atoms with Gasteiger partial charge >= 0.3 is 6.09 Å². The molecule has 3 rings (SSSR count). The molecule has 1 N–H and O–H groups in total. The lowest BCUT2D eigenvalue weighted by Gasteiger charge is -2.41. The number of nitrogens with zero attached hydrogens (tertiary/aromatic N) is 1. The number of nitrogens with one attached hydrogen (secondary N) is 1. The van der Waals surface area contributed by atoms with Gasteiger partial charge in [0.15, 0.2) is 0 Å². The molecule has 2 saturated heterocycles. The minimum absolute atomic E-state index is 0.0742. The molecule has 0 unspecified atom stereocenters. The Hall–Kier alpha value is -1.62. The monoisotopic (exact) mass is 334 g/mol. The summed E-state index contributed by atoms with van der Waals surface area (Å²) in [4.78, 5) is 14.1. The first-order chi connectivity index (χ1) is 11.3. The topological polar surface area (TPSA) is 41.6 Å². The van der Waals surface area contributed by atoms with Crippen molar-refractivity contribution in [2.24, 2.45) is 0 Å². The number of hydrogen-bond donors (Lipinski definition) is 1. The van der Waals surface area contributed by atoms with Crippen molar-refractivity contribution >= 4 is 6.09 Å². The highest BCUT2D eigenvalue weighted by Crippen LogP contribution is 2.38. The third-order valence-corrected chi connectivity index (χ3v) is 4.84. The molecule has 2 heterocycles. The fourth-order valence-corrected chi connectivity index (χ4v) is 3.79. The summed E-state index contributed by atoms with van der Waals surface area (Å²) >= 11 is 0. The molecular formula is C19H27FN2O2. The van der Waals surface area contributed by atoms with E-state index in [9.17, 15) is 9.18 Å². The average Bonchev–Trinajstić information content (AvgIpc) is 2.87. The summed E-state index contributed by atoms with van der Waals surface area (Å²) in [6.07, 6.45) is 0.783. The average molecular weight is 334 g/mol. The Morgan fingerprint density at radius 2 is 2.00 bits per heavy atom. The highest BCUT2D eigenvalue weighted by Gasteiger charge is 2.50. The van der Waals surface area contributed by atoms with Crippen LogP contribution in [0.1, 0.15) is 45.6 Å². The maximum Gasteiger partial charge on any atom is 0.410 e. The number of ether oxygens (including phenoxy) is 1. The van der Waals surface area contributed by atoms with Crippen LogP contribution >= 0.6 is 0 Å². The van der Waals surface area contributed by atoms with E-state index in [2.05, 4.69) is 5.32 Å². The van der Waals surface area contributed by atoms with Crippen LogP contribution in [0, 0.1) is 0 Å². The van der Waals surface area contributed by atoms with Gasteiger partial charge in [0.25, 0.3) is 0 Å². The number of rotatable bonds is 3. The van der Waals surface area contributed by atoms with Crippen molar-refractivity contribution < 1.29 is 13.9 Å². The van der Waals surface area contributed by atoms with Crippen molar-refractivity contribution in [3.8, 4) is 0 Å². The molecule has 2 aliphatic heterocycles. The molecule has 1 aromatic carbocycles. The Morgan fingerprint density at radius 3 is 2.67 bits per heavy atom. The van der Waals surface area contributed by atoms with E-state index in [4.69, 9.17) is 4.74 Å². The summed E-state index contributed by atoms with van der Waals surface area (Å²) in [5.41, 5.74) is 0.594. The summed E-state index contributed by atoms with van der Waals surface area (Å²) in [6, 6.07) is 9.51. The largest absolute Gasteiger partial charge is 0.444 e. The van der Waals surface area contributed by atoms with Gasteiger partial charge in [-0.25, -0.2) is 9.18 Å². The number of benzene rings is 1. The van der Waals surface area contributed by atoms with Crippen LogP contribution in [0.2, 0.25) is 0 Å². The maximum absolute atomic E-state index is 15.0. The van der Waals surface area contributed by atoms with Crippen LogP contribution in [0.15, 0.2) is 30.3 Å². The smallest absolute Gasteiger partial charge is 0.410 e. The normalized spacial score (nSPS) is 29.6. The summed E-state index contributed by atoms with van der Waals surface area (Å²) in [5, 5.41) is 3.34. The van der Waals surface area contributed by atoms with Crippen LogP contribution in [0.5, 0.6) is 0 Å². The van der Waals surface area contributed by atoms with Gasteiger partial charge in [-0.2, -0.15) is 0 Å². The SMILES string of the molecule is CC(C)(C)OC(=O)N1[C@H]2CC[C@H]1[C@H](F)[C@@H](NCc1ccccc1)C2. The van der Waals surface area contributed by atoms with Crippen molar-refractivity contribution in [3.05, 3.63) is 35.9 Å². The van der Waals surface area contributed by atoms with Crippen molar-refractivity contribution in [2.75, 3.05) is 0 Å². The van der Waals surface area contributed by atoms with Crippen LogP contribution in [0.3, 0.4) is 0 Å². The van der Waals surface area contributed by atoms with E-state index in [1.807, 2.05) is 51.1 Å². The van der Waals surface area contributed by atoms with Gasteiger partial charge in [0, 0.05) is 18.6 Å². The van der Waals surface area contributed by atoms with Crippen molar-refractivity contribution in [1.82, 2.24) is 10.2 Å². The van der Waals surface area contributed by atoms with Crippen LogP contribution < -0.4 is 5.32 Å². The van der Waals surface area contributed by atoms with E-state index in [1.54, 1.807) is 4.90 Å². The molecule has 2 aliphatic rings. The molecular weight excluding hydrogens is 307 g/mol. The molecule has 5 heteroatoms. The first-order valence-corrected chi connectivity index (χ1v) is 8.78. The molecule has 1 aromatic rings. The van der Waals surface area contributed by atoms with E-state index in [0.29, 0.717) is 19.4 Å². The second-order valence-electron chi connectivity index (χ2n) is 7.84. The summed E-state index contributed by atoms with van der Waals surface area (Å²) in [6.45, 7) is 6.17. The van der Waals surface area contributed by atoms with Gasteiger partial charge in [0.2, 0.25) is 0 Å². The molecule has 132 valence electrons. The lowest BCUT2D eigenvalue weighted by molar-refractivity contribution is -0.0135. The van der Waals surface area contributed by atoms with Crippen molar-refractivity contribution in [3.63, 3.8) is 0 Å². The van der Waals surface area contributed by atoms with E-state index < -0.39 is 11.8 Å². The molecule has 4 atom stereocenters. The predicted octanol–water partition coefficient (Wildman–Crippen LogP) is 3.65. The molecule has 4 nitrogen and oxygen atoms in total. The molecule has 0 radical (unpaired) electrons. The zero-order chi connectivity index (χ0) is 17.3. The number of piperidine rings is 1. The predicted molar refractivity (Wildman–Crippen MR) is 91.5 cm³/mol. The Balaban J connectivity index is 1.62. The summed E-state index contributed by atoms with van der Waals surface area (Å²) < 4.78 is 20.4. The van der Waals surface area contributed by atoms with E-state index in [0.717, 1.165) is 12.0 Å². The molecule has 2 fully saturated rings. The number of carbonyl (C=O) groups excluding carboxylic acids is 1. The number of carbonyl (C=O) groups is 1. The lowest BCUT2D eigenvalue weighted by atomic mass is 9.95. The quantitative estimate of drug-likeness (QED) is 0.917. The summed E-state index contributed by atoms with van der Waals surface area (Å²) in [7, 11) is 0. The van der Waals surface area contributed by atoms with Gasteiger partial charge in [-0.05, 0) is 45.6 Å². The van der Waals surface area contributed by atoms with Crippen LogP contribution in [0.4, 0.5) is 9.18 Å². The third kappa shape index (κ3) is 3.72. The van der Waals surface area contributed by atoms with E-state index in [-0.39, 0.29) is 24.2 Å². The van der Waals surface area contributed by atoms with Crippen LogP contribution in [-0.2, 0) is 11.3 Å². The highest BCUT2D eigenvalue weighted by atomic mass is 19.1. The Labute approximate surface area is 143 Å². The zero-order valence-electron chi connectivity index (χ0n) is 14.7. The van der Waals surface area contributed by atoms with E-state index >= 15 is 0 Å². The van der Waals surface area contributed by atoms with E-state index in [1.165, 1.54) is 0 Å². The van der Waals surface area contributed by atoms with Crippen LogP contribution in [0.25, 0.3) is 0 Å². The zero-order valence-corrected chi connectivity index (χ0v) is 14.7. The second-order valence-corrected chi connectivity index (χ2v) is 7.84. The summed E-state index contributed by atoms with van der Waals surface area (Å²) in [5.74, 6) is 0. The number of alkyl halides is 1. The minimum atomic E-state index is -1.06. The van der Waals surface area contributed by atoms with Gasteiger partial charge < -0.3 is 10.1 Å². The lowest BCUT2D eigenvalue weighted by Crippen LogP contribution is -2.59. The maximum atomic E-state index is 15.0. The standard InChI is InChI=1S/C19H27FN2O2/c1-19(2,3)24-18(23)22-14-9-10-16(22)17(20)15(11-14)21-12-13-7-5-4-6-8-13/h4-8,14-17,21H,9-12H2,1-3H3/t14-,15-,16-,17+/m0/s1. The fourth-order valence-electron chi connectivity index (χ4n) is 3.79. The molecule has 24 heavy (non-hydrogen) atoms. The fraction of sp³-hybridized carbons (Fsp3) is 0.632. The number of hydrogen-bond acceptors (Lipinski definition) is 3. The van der Waals surface area contributed by atoms with Crippen molar-refractivity contribution in [1.29, 1.82) is 0 Å². The second kappa shape index (κ2) is 6.71. The van der Waals surface area contributed by atoms with Crippen LogP contribution in [-0.4, -0.2) is 40.9 Å².